The van der Waals surface area contributed by atoms with Crippen LogP contribution in [-0.4, -0.2) is 15.0 Å². The van der Waals surface area contributed by atoms with Crippen LogP contribution in [0.4, 0.5) is 10.1 Å². The zero-order valence-corrected chi connectivity index (χ0v) is 12.1. The fraction of sp³-hybridized carbons (Fsp3) is 0.538. The molecule has 0 heterocycles. The van der Waals surface area contributed by atoms with Gasteiger partial charge in [0.05, 0.1) is 0 Å². The average molecular weight is 286 g/mol. The number of halogens is 1. The Bertz CT molecular complexity index is 611. The minimum atomic E-state index is -3.85. The third-order valence-electron chi connectivity index (χ3n) is 3.77. The van der Waals surface area contributed by atoms with E-state index in [-0.39, 0.29) is 21.6 Å². The lowest BCUT2D eigenvalue weighted by Gasteiger charge is -2.10. The standard InChI is InChI=1S/C13H19FN2O2S/c1-8-4-10(15)5-11(12(8)14)19(17,18)16-7-9-6-13(9,2)3/h4-5,9,16H,6-7,15H2,1-3H3. The maximum atomic E-state index is 13.9. The lowest BCUT2D eigenvalue weighted by Crippen LogP contribution is -2.28. The van der Waals surface area contributed by atoms with Crippen molar-refractivity contribution in [3.05, 3.63) is 23.5 Å². The van der Waals surface area contributed by atoms with Gasteiger partial charge in [-0.1, -0.05) is 13.8 Å². The molecule has 6 heteroatoms. The number of sulfonamides is 1. The molecule has 1 aromatic carbocycles. The van der Waals surface area contributed by atoms with Crippen LogP contribution in [0, 0.1) is 24.1 Å². The molecule has 1 unspecified atom stereocenters. The van der Waals surface area contributed by atoms with Crippen LogP contribution in [0.5, 0.6) is 0 Å². The van der Waals surface area contributed by atoms with Gasteiger partial charge in [0, 0.05) is 12.2 Å². The van der Waals surface area contributed by atoms with Crippen molar-refractivity contribution in [2.75, 3.05) is 12.3 Å². The van der Waals surface area contributed by atoms with Gasteiger partial charge in [0.1, 0.15) is 10.7 Å². The number of hydrogen-bond acceptors (Lipinski definition) is 3. The molecule has 1 aromatic rings. The van der Waals surface area contributed by atoms with Crippen LogP contribution in [0.15, 0.2) is 17.0 Å². The Morgan fingerprint density at radius 3 is 2.58 bits per heavy atom. The van der Waals surface area contributed by atoms with Crippen LogP contribution in [0.25, 0.3) is 0 Å². The number of benzene rings is 1. The molecule has 0 aromatic heterocycles. The molecule has 1 aliphatic rings. The zero-order valence-electron chi connectivity index (χ0n) is 11.3. The first-order valence-corrected chi connectivity index (χ1v) is 7.67. The SMILES string of the molecule is Cc1cc(N)cc(S(=O)(=O)NCC2CC2(C)C)c1F. The molecule has 0 bridgehead atoms. The van der Waals surface area contributed by atoms with Crippen molar-refractivity contribution >= 4 is 15.7 Å². The lowest BCUT2D eigenvalue weighted by atomic mass is 10.1. The van der Waals surface area contributed by atoms with Crippen LogP contribution < -0.4 is 10.5 Å². The Morgan fingerprint density at radius 2 is 2.05 bits per heavy atom. The molecular formula is C13H19FN2O2S. The fourth-order valence-electron chi connectivity index (χ4n) is 2.17. The van der Waals surface area contributed by atoms with Crippen LogP contribution in [0.2, 0.25) is 0 Å². The summed E-state index contributed by atoms with van der Waals surface area (Å²) >= 11 is 0. The van der Waals surface area contributed by atoms with Crippen LogP contribution in [0.3, 0.4) is 0 Å². The maximum absolute atomic E-state index is 13.9. The van der Waals surface area contributed by atoms with Gasteiger partial charge in [-0.3, -0.25) is 0 Å². The van der Waals surface area contributed by atoms with E-state index in [1.54, 1.807) is 0 Å². The number of nitrogens with one attached hydrogen (secondary N) is 1. The van der Waals surface area contributed by atoms with Crippen molar-refractivity contribution in [3.8, 4) is 0 Å². The molecule has 1 saturated carbocycles. The van der Waals surface area contributed by atoms with Crippen molar-refractivity contribution < 1.29 is 12.8 Å². The molecule has 1 atom stereocenters. The maximum Gasteiger partial charge on any atom is 0.243 e. The summed E-state index contributed by atoms with van der Waals surface area (Å²) in [6.07, 6.45) is 0.980. The third-order valence-corrected chi connectivity index (χ3v) is 5.19. The molecule has 1 fully saturated rings. The molecular weight excluding hydrogens is 267 g/mol. The molecule has 2 rings (SSSR count). The first-order valence-electron chi connectivity index (χ1n) is 6.19. The Balaban J connectivity index is 2.20. The largest absolute Gasteiger partial charge is 0.399 e. The van der Waals surface area contributed by atoms with Gasteiger partial charge in [0.25, 0.3) is 0 Å². The normalized spacial score (nSPS) is 21.4. The summed E-state index contributed by atoms with van der Waals surface area (Å²) in [6.45, 7) is 5.99. The predicted octanol–water partition coefficient (Wildman–Crippen LogP) is 2.04. The topological polar surface area (TPSA) is 72.2 Å². The Hall–Kier alpha value is -1.14. The summed E-state index contributed by atoms with van der Waals surface area (Å²) < 4.78 is 40.5. The summed E-state index contributed by atoms with van der Waals surface area (Å²) in [5, 5.41) is 0. The quantitative estimate of drug-likeness (QED) is 0.832. The molecule has 0 radical (unpaired) electrons. The highest BCUT2D eigenvalue weighted by Gasteiger charge is 2.45. The van der Waals surface area contributed by atoms with Crippen molar-refractivity contribution in [3.63, 3.8) is 0 Å². The van der Waals surface area contributed by atoms with Crippen LogP contribution >= 0.6 is 0 Å². The Morgan fingerprint density at radius 1 is 1.47 bits per heavy atom. The van der Waals surface area contributed by atoms with Crippen LogP contribution in [0.1, 0.15) is 25.8 Å². The molecule has 1 aliphatic carbocycles. The number of anilines is 1. The van der Waals surface area contributed by atoms with Crippen molar-refractivity contribution in [2.24, 2.45) is 11.3 Å². The number of rotatable bonds is 4. The van der Waals surface area contributed by atoms with E-state index in [4.69, 9.17) is 5.73 Å². The molecule has 0 saturated heterocycles. The summed E-state index contributed by atoms with van der Waals surface area (Å²) in [5.41, 5.74) is 6.22. The predicted molar refractivity (Wildman–Crippen MR) is 72.6 cm³/mol. The first kappa shape index (κ1) is 14.3. The van der Waals surface area contributed by atoms with E-state index in [0.717, 1.165) is 12.5 Å². The van der Waals surface area contributed by atoms with Gasteiger partial charge in [0.2, 0.25) is 10.0 Å². The number of hydrogen-bond donors (Lipinski definition) is 2. The monoisotopic (exact) mass is 286 g/mol. The number of nitrogens with two attached hydrogens (primary N) is 1. The minimum Gasteiger partial charge on any atom is -0.399 e. The molecule has 0 amide bonds. The number of nitrogen functional groups attached to an aromatic ring is 1. The third kappa shape index (κ3) is 2.90. The van der Waals surface area contributed by atoms with E-state index in [0.29, 0.717) is 12.5 Å². The Labute approximate surface area is 113 Å². The van der Waals surface area contributed by atoms with Crippen LogP contribution in [-0.2, 0) is 10.0 Å². The molecule has 19 heavy (non-hydrogen) atoms. The van der Waals surface area contributed by atoms with Gasteiger partial charge >= 0.3 is 0 Å². The van der Waals surface area contributed by atoms with E-state index in [2.05, 4.69) is 18.6 Å². The summed E-state index contributed by atoms with van der Waals surface area (Å²) in [4.78, 5) is -0.372. The summed E-state index contributed by atoms with van der Waals surface area (Å²) in [6, 6.07) is 2.57. The van der Waals surface area contributed by atoms with Gasteiger partial charge in [-0.2, -0.15) is 0 Å². The summed E-state index contributed by atoms with van der Waals surface area (Å²) in [7, 11) is -3.85. The van der Waals surface area contributed by atoms with E-state index in [1.807, 2.05) is 0 Å². The minimum absolute atomic E-state index is 0.173. The van der Waals surface area contributed by atoms with E-state index < -0.39 is 15.8 Å². The second kappa shape index (κ2) is 4.45. The van der Waals surface area contributed by atoms with Crippen molar-refractivity contribution in [1.82, 2.24) is 4.72 Å². The highest BCUT2D eigenvalue weighted by molar-refractivity contribution is 7.89. The van der Waals surface area contributed by atoms with Crippen molar-refractivity contribution in [2.45, 2.75) is 32.1 Å². The lowest BCUT2D eigenvalue weighted by molar-refractivity contribution is 0.529. The van der Waals surface area contributed by atoms with Gasteiger partial charge < -0.3 is 5.73 Å². The van der Waals surface area contributed by atoms with Gasteiger partial charge in [-0.05, 0) is 42.4 Å². The highest BCUT2D eigenvalue weighted by atomic mass is 32.2. The number of aryl methyl sites for hydroxylation is 1. The molecule has 0 spiro atoms. The van der Waals surface area contributed by atoms with Gasteiger partial charge in [0.15, 0.2) is 0 Å². The molecule has 4 nitrogen and oxygen atoms in total. The van der Waals surface area contributed by atoms with E-state index >= 15 is 0 Å². The summed E-state index contributed by atoms with van der Waals surface area (Å²) in [5.74, 6) is -0.427. The molecule has 3 N–H and O–H groups in total. The second-order valence-electron chi connectivity index (χ2n) is 5.89. The van der Waals surface area contributed by atoms with Gasteiger partial charge in [-0.25, -0.2) is 17.5 Å². The van der Waals surface area contributed by atoms with Gasteiger partial charge in [-0.15, -0.1) is 0 Å². The highest BCUT2D eigenvalue weighted by Crippen LogP contribution is 2.51. The Kier molecular flexibility index (Phi) is 3.35. The average Bonchev–Trinajstić information content (AvgIpc) is 2.89. The smallest absolute Gasteiger partial charge is 0.243 e. The molecule has 0 aliphatic heterocycles. The van der Waals surface area contributed by atoms with E-state index in [9.17, 15) is 12.8 Å². The van der Waals surface area contributed by atoms with Crippen molar-refractivity contribution in [1.29, 1.82) is 0 Å². The first-order chi connectivity index (χ1) is 8.63. The second-order valence-corrected chi connectivity index (χ2v) is 7.63. The van der Waals surface area contributed by atoms with E-state index in [1.165, 1.54) is 13.0 Å². The zero-order chi connectivity index (χ0) is 14.4. The molecule has 106 valence electrons. The fourth-order valence-corrected chi connectivity index (χ4v) is 3.44.